The Kier molecular flexibility index (Phi) is 7.21. The van der Waals surface area contributed by atoms with Crippen LogP contribution in [0.25, 0.3) is 23.0 Å². The number of hydrogen-bond donors (Lipinski definition) is 0. The lowest BCUT2D eigenvalue weighted by molar-refractivity contribution is -0.143. The summed E-state index contributed by atoms with van der Waals surface area (Å²) in [6.07, 6.45) is 7.19. The van der Waals surface area contributed by atoms with Crippen molar-refractivity contribution in [3.63, 3.8) is 0 Å². The fraction of sp³-hybridized carbons (Fsp3) is 0.312. The fourth-order valence-corrected chi connectivity index (χ4v) is 5.36. The van der Waals surface area contributed by atoms with Gasteiger partial charge in [0, 0.05) is 28.9 Å². The molecule has 0 saturated heterocycles. The first-order chi connectivity index (χ1) is 18.8. The first-order valence-corrected chi connectivity index (χ1v) is 13.4. The van der Waals surface area contributed by atoms with E-state index in [0.29, 0.717) is 16.8 Å². The average molecular weight is 521 g/mol. The van der Waals surface area contributed by atoms with Crippen molar-refractivity contribution in [2.75, 3.05) is 0 Å². The van der Waals surface area contributed by atoms with Crippen molar-refractivity contribution < 1.29 is 14.3 Å². The molecule has 0 spiro atoms. The molecule has 2 aromatic carbocycles. The zero-order valence-electron chi connectivity index (χ0n) is 22.8. The molecule has 0 atom stereocenters. The number of aromatic nitrogens is 2. The van der Waals surface area contributed by atoms with Gasteiger partial charge < -0.3 is 4.74 Å². The summed E-state index contributed by atoms with van der Waals surface area (Å²) in [5.41, 5.74) is 4.91. The highest BCUT2D eigenvalue weighted by molar-refractivity contribution is 6.20. The second kappa shape index (κ2) is 10.7. The number of carbonyl (C=O) groups is 2. The molecule has 198 valence electrons. The van der Waals surface area contributed by atoms with Crippen LogP contribution in [0.5, 0.6) is 5.75 Å². The van der Waals surface area contributed by atoms with Gasteiger partial charge in [-0.05, 0) is 88.1 Å². The fourth-order valence-electron chi connectivity index (χ4n) is 5.36. The van der Waals surface area contributed by atoms with Crippen LogP contribution in [0.15, 0.2) is 71.4 Å². The minimum absolute atomic E-state index is 0.0239. The monoisotopic (exact) mass is 520 g/mol. The van der Waals surface area contributed by atoms with Gasteiger partial charge in [-0.15, -0.1) is 0 Å². The summed E-state index contributed by atoms with van der Waals surface area (Å²) in [5, 5.41) is 14.8. The van der Waals surface area contributed by atoms with E-state index in [1.807, 2.05) is 75.5 Å². The highest BCUT2D eigenvalue weighted by atomic mass is 16.5. The van der Waals surface area contributed by atoms with E-state index in [2.05, 4.69) is 6.07 Å². The Labute approximate surface area is 229 Å². The smallest absolute Gasteiger partial charge is 0.271 e. The molecule has 39 heavy (non-hydrogen) atoms. The second-order valence-electron chi connectivity index (χ2n) is 10.4. The van der Waals surface area contributed by atoms with Gasteiger partial charge in [0.25, 0.3) is 11.8 Å². The van der Waals surface area contributed by atoms with E-state index in [1.54, 1.807) is 17.7 Å². The van der Waals surface area contributed by atoms with Gasteiger partial charge >= 0.3 is 0 Å². The van der Waals surface area contributed by atoms with Crippen LogP contribution in [0.2, 0.25) is 0 Å². The van der Waals surface area contributed by atoms with Gasteiger partial charge in [-0.25, -0.2) is 4.68 Å². The van der Waals surface area contributed by atoms with Crippen molar-refractivity contribution in [1.29, 1.82) is 5.26 Å². The van der Waals surface area contributed by atoms with Gasteiger partial charge in [-0.1, -0.05) is 31.0 Å². The summed E-state index contributed by atoms with van der Waals surface area (Å²) in [7, 11) is 0. The van der Waals surface area contributed by atoms with Crippen LogP contribution < -0.4 is 4.74 Å². The normalized spacial score (nSPS) is 17.4. The lowest BCUT2D eigenvalue weighted by atomic mass is 9.92. The quantitative estimate of drug-likeness (QED) is 0.286. The summed E-state index contributed by atoms with van der Waals surface area (Å²) in [6.45, 7) is 7.65. The van der Waals surface area contributed by atoms with Crippen LogP contribution in [-0.4, -0.2) is 38.6 Å². The number of carbonyl (C=O) groups excluding carboxylic acids is 2. The van der Waals surface area contributed by atoms with Crippen molar-refractivity contribution in [2.24, 2.45) is 0 Å². The average Bonchev–Trinajstić information content (AvgIpc) is 3.59. The molecule has 5 rings (SSSR count). The van der Waals surface area contributed by atoms with Crippen molar-refractivity contribution in [2.45, 2.75) is 65.5 Å². The van der Waals surface area contributed by atoms with Crippen LogP contribution >= 0.6 is 0 Å². The van der Waals surface area contributed by atoms with Crippen LogP contribution in [-0.2, 0) is 9.59 Å². The largest absolute Gasteiger partial charge is 0.491 e. The molecule has 1 fully saturated rings. The minimum Gasteiger partial charge on any atom is -0.491 e. The Morgan fingerprint density at radius 1 is 1.05 bits per heavy atom. The highest BCUT2D eigenvalue weighted by Gasteiger charge is 2.40. The Balaban J connectivity index is 1.66. The lowest BCUT2D eigenvalue weighted by Crippen LogP contribution is -2.47. The summed E-state index contributed by atoms with van der Waals surface area (Å²) >= 11 is 0. The third kappa shape index (κ3) is 5.03. The molecule has 1 aliphatic heterocycles. The van der Waals surface area contributed by atoms with E-state index >= 15 is 0 Å². The highest BCUT2D eigenvalue weighted by Crippen LogP contribution is 2.35. The lowest BCUT2D eigenvalue weighted by Gasteiger charge is -2.32. The van der Waals surface area contributed by atoms with Gasteiger partial charge in [0.05, 0.1) is 17.5 Å². The molecule has 1 aliphatic carbocycles. The Morgan fingerprint density at radius 2 is 1.77 bits per heavy atom. The Bertz CT molecular complexity index is 1530. The first-order valence-electron chi connectivity index (χ1n) is 13.4. The molecule has 2 amide bonds. The number of imide groups is 1. The van der Waals surface area contributed by atoms with E-state index < -0.39 is 5.91 Å². The van der Waals surface area contributed by atoms with E-state index in [1.165, 1.54) is 4.90 Å². The van der Waals surface area contributed by atoms with Crippen LogP contribution in [0, 0.1) is 18.3 Å². The molecule has 1 saturated carbocycles. The number of benzene rings is 2. The van der Waals surface area contributed by atoms with Gasteiger partial charge in [0.15, 0.2) is 0 Å². The number of rotatable bonds is 6. The first kappa shape index (κ1) is 26.2. The van der Waals surface area contributed by atoms with E-state index in [0.717, 1.165) is 53.8 Å². The number of para-hydroxylation sites is 1. The third-order valence-electron chi connectivity index (χ3n) is 7.34. The molecule has 2 aliphatic rings. The van der Waals surface area contributed by atoms with Crippen molar-refractivity contribution in [3.8, 4) is 28.8 Å². The SMILES string of the molecule is CC1=C(C#N)C(=O)N(C2CCCC2)C(=O)/C1=C/c1cn(-c2ccccc2)nc1-c1ccc(OC(C)C)c(C)c1. The summed E-state index contributed by atoms with van der Waals surface area (Å²) in [5.74, 6) is -0.0268. The van der Waals surface area contributed by atoms with Crippen LogP contribution in [0.4, 0.5) is 0 Å². The Morgan fingerprint density at radius 3 is 2.41 bits per heavy atom. The van der Waals surface area contributed by atoms with Gasteiger partial charge in [-0.3, -0.25) is 14.5 Å². The third-order valence-corrected chi connectivity index (χ3v) is 7.34. The molecular formula is C32H32N4O3. The number of ether oxygens (including phenoxy) is 1. The van der Waals surface area contributed by atoms with Gasteiger partial charge in [-0.2, -0.15) is 10.4 Å². The maximum Gasteiger partial charge on any atom is 0.271 e. The zero-order valence-corrected chi connectivity index (χ0v) is 22.8. The molecule has 1 aromatic heterocycles. The molecular weight excluding hydrogens is 488 g/mol. The zero-order chi connectivity index (χ0) is 27.7. The predicted molar refractivity (Wildman–Crippen MR) is 150 cm³/mol. The minimum atomic E-state index is -0.486. The topological polar surface area (TPSA) is 88.2 Å². The number of nitrogens with zero attached hydrogens (tertiary/aromatic N) is 4. The summed E-state index contributed by atoms with van der Waals surface area (Å²) in [6, 6.07) is 17.6. The number of hydrogen-bond acceptors (Lipinski definition) is 5. The maximum atomic E-state index is 13.8. The molecule has 7 heteroatoms. The predicted octanol–water partition coefficient (Wildman–Crippen LogP) is 6.17. The number of nitriles is 1. The second-order valence-corrected chi connectivity index (χ2v) is 10.4. The van der Waals surface area contributed by atoms with Gasteiger partial charge in [0.2, 0.25) is 0 Å². The Hall–Kier alpha value is -4.44. The number of amides is 2. The van der Waals surface area contributed by atoms with Crippen molar-refractivity contribution in [1.82, 2.24) is 14.7 Å². The van der Waals surface area contributed by atoms with Crippen molar-refractivity contribution >= 4 is 17.9 Å². The molecule has 0 radical (unpaired) electrons. The van der Waals surface area contributed by atoms with Gasteiger partial charge in [0.1, 0.15) is 17.4 Å². The maximum absolute atomic E-state index is 13.8. The van der Waals surface area contributed by atoms with E-state index in [4.69, 9.17) is 9.84 Å². The molecule has 0 N–H and O–H groups in total. The van der Waals surface area contributed by atoms with Crippen LogP contribution in [0.3, 0.4) is 0 Å². The number of aryl methyl sites for hydroxylation is 1. The molecule has 7 nitrogen and oxygen atoms in total. The summed E-state index contributed by atoms with van der Waals surface area (Å²) in [4.78, 5) is 28.2. The van der Waals surface area contributed by atoms with E-state index in [-0.39, 0.29) is 23.6 Å². The van der Waals surface area contributed by atoms with Crippen molar-refractivity contribution in [3.05, 3.63) is 82.6 Å². The molecule has 0 unspecified atom stereocenters. The van der Waals surface area contributed by atoms with Crippen LogP contribution in [0.1, 0.15) is 57.6 Å². The molecule has 3 aromatic rings. The molecule has 2 heterocycles. The van der Waals surface area contributed by atoms with E-state index in [9.17, 15) is 14.9 Å². The standard InChI is InChI=1S/C32H32N4O3/c1-20(2)39-29-15-14-23(16-21(29)3)30-24(19-35(34-30)25-10-6-5-7-11-25)17-27-22(4)28(18-33)32(38)36(31(27)37)26-12-8-9-13-26/h5-7,10-11,14-17,19-20,26H,8-9,12-13H2,1-4H3/b27-17+. The summed E-state index contributed by atoms with van der Waals surface area (Å²) < 4.78 is 7.71. The molecule has 0 bridgehead atoms.